The lowest BCUT2D eigenvalue weighted by Crippen LogP contribution is -2.21. The molecule has 0 bridgehead atoms. The van der Waals surface area contributed by atoms with Crippen LogP contribution < -0.4 is 5.73 Å². The number of halogens is 1. The van der Waals surface area contributed by atoms with Crippen molar-refractivity contribution in [3.8, 4) is 0 Å². The first-order valence-electron chi connectivity index (χ1n) is 5.33. The Bertz CT molecular complexity index is 431. The third-order valence-electron chi connectivity index (χ3n) is 2.29. The van der Waals surface area contributed by atoms with E-state index in [9.17, 15) is 15.0 Å². The van der Waals surface area contributed by atoms with Crippen LogP contribution in [0.5, 0.6) is 0 Å². The average Bonchev–Trinajstić information content (AvgIpc) is 2.30. The van der Waals surface area contributed by atoms with Crippen LogP contribution in [0.3, 0.4) is 0 Å². The number of carbonyl (C=O) groups is 1. The standard InChI is InChI=1S/C11H15ClN2O3S/c1-6(15)18-5-4-8(16)11(17)10-7(13)2-3-9(12)14-10/h2-3,8,11,16-17H,4-5,13H2,1H3. The molecule has 1 aromatic heterocycles. The van der Waals surface area contributed by atoms with E-state index in [4.69, 9.17) is 17.3 Å². The fourth-order valence-corrected chi connectivity index (χ4v) is 2.16. The van der Waals surface area contributed by atoms with Gasteiger partial charge in [0.1, 0.15) is 11.3 Å². The highest BCUT2D eigenvalue weighted by molar-refractivity contribution is 8.13. The van der Waals surface area contributed by atoms with Crippen molar-refractivity contribution in [3.05, 3.63) is 23.0 Å². The zero-order valence-corrected chi connectivity index (χ0v) is 11.4. The van der Waals surface area contributed by atoms with E-state index in [0.29, 0.717) is 5.75 Å². The maximum Gasteiger partial charge on any atom is 0.185 e. The molecule has 0 fully saturated rings. The number of aliphatic hydroxyl groups is 2. The fourth-order valence-electron chi connectivity index (χ4n) is 1.36. The van der Waals surface area contributed by atoms with Crippen molar-refractivity contribution in [3.63, 3.8) is 0 Å². The number of carbonyl (C=O) groups excluding carboxylic acids is 1. The maximum atomic E-state index is 10.7. The number of pyridine rings is 1. The third kappa shape index (κ3) is 4.45. The van der Waals surface area contributed by atoms with Crippen molar-refractivity contribution >= 4 is 34.2 Å². The molecule has 100 valence electrons. The Labute approximate surface area is 114 Å². The van der Waals surface area contributed by atoms with Crippen LogP contribution in [-0.4, -0.2) is 32.2 Å². The predicted molar refractivity (Wildman–Crippen MR) is 72.4 cm³/mol. The van der Waals surface area contributed by atoms with E-state index in [-0.39, 0.29) is 28.1 Å². The minimum atomic E-state index is -1.21. The molecule has 0 amide bonds. The minimum Gasteiger partial charge on any atom is -0.397 e. The van der Waals surface area contributed by atoms with Crippen molar-refractivity contribution in [2.45, 2.75) is 25.6 Å². The van der Waals surface area contributed by atoms with Gasteiger partial charge in [0, 0.05) is 12.7 Å². The molecular formula is C11H15ClN2O3S. The van der Waals surface area contributed by atoms with Gasteiger partial charge in [0.15, 0.2) is 5.12 Å². The molecule has 5 nitrogen and oxygen atoms in total. The summed E-state index contributed by atoms with van der Waals surface area (Å²) in [6.45, 7) is 1.45. The first-order valence-corrected chi connectivity index (χ1v) is 6.69. The fraction of sp³-hybridized carbons (Fsp3) is 0.455. The number of aromatic nitrogens is 1. The molecule has 0 aliphatic carbocycles. The maximum absolute atomic E-state index is 10.7. The zero-order valence-electron chi connectivity index (χ0n) is 9.84. The summed E-state index contributed by atoms with van der Waals surface area (Å²) in [5, 5.41) is 19.9. The second-order valence-corrected chi connectivity index (χ2v) is 5.41. The van der Waals surface area contributed by atoms with Gasteiger partial charge in [-0.15, -0.1) is 0 Å². The number of nitrogens with two attached hydrogens (primary N) is 1. The summed E-state index contributed by atoms with van der Waals surface area (Å²) in [7, 11) is 0. The van der Waals surface area contributed by atoms with E-state index in [0.717, 1.165) is 11.8 Å². The van der Waals surface area contributed by atoms with E-state index in [1.165, 1.54) is 19.1 Å². The number of anilines is 1. The van der Waals surface area contributed by atoms with E-state index in [1.54, 1.807) is 0 Å². The number of hydrogen-bond acceptors (Lipinski definition) is 6. The topological polar surface area (TPSA) is 96.4 Å². The summed E-state index contributed by atoms with van der Waals surface area (Å²) in [5.41, 5.74) is 6.08. The molecule has 1 heterocycles. The van der Waals surface area contributed by atoms with Gasteiger partial charge in [-0.3, -0.25) is 4.79 Å². The van der Waals surface area contributed by atoms with E-state index in [2.05, 4.69) is 4.98 Å². The first-order chi connectivity index (χ1) is 8.41. The van der Waals surface area contributed by atoms with Gasteiger partial charge in [0.05, 0.1) is 17.5 Å². The molecule has 1 aromatic rings. The van der Waals surface area contributed by atoms with Crippen LogP contribution in [0.25, 0.3) is 0 Å². The van der Waals surface area contributed by atoms with Gasteiger partial charge in [-0.05, 0) is 18.6 Å². The van der Waals surface area contributed by atoms with Gasteiger partial charge in [0.2, 0.25) is 0 Å². The number of thioether (sulfide) groups is 1. The number of aliphatic hydroxyl groups excluding tert-OH is 2. The quantitative estimate of drug-likeness (QED) is 0.709. The van der Waals surface area contributed by atoms with Gasteiger partial charge in [-0.2, -0.15) is 0 Å². The van der Waals surface area contributed by atoms with Crippen LogP contribution in [-0.2, 0) is 4.79 Å². The molecule has 0 saturated heterocycles. The summed E-state index contributed by atoms with van der Waals surface area (Å²) >= 11 is 6.80. The highest BCUT2D eigenvalue weighted by Crippen LogP contribution is 2.25. The Morgan fingerprint density at radius 3 is 2.83 bits per heavy atom. The normalized spacial score (nSPS) is 14.2. The van der Waals surface area contributed by atoms with Crippen molar-refractivity contribution in [2.75, 3.05) is 11.5 Å². The molecule has 0 saturated carbocycles. The second kappa shape index (κ2) is 6.94. The van der Waals surface area contributed by atoms with Crippen LogP contribution in [0.15, 0.2) is 12.1 Å². The Morgan fingerprint density at radius 1 is 1.56 bits per heavy atom. The molecule has 1 rings (SSSR count). The van der Waals surface area contributed by atoms with Gasteiger partial charge >= 0.3 is 0 Å². The highest BCUT2D eigenvalue weighted by atomic mass is 35.5. The first kappa shape index (κ1) is 15.2. The van der Waals surface area contributed by atoms with Crippen LogP contribution >= 0.6 is 23.4 Å². The molecule has 2 unspecified atom stereocenters. The Kier molecular flexibility index (Phi) is 5.87. The van der Waals surface area contributed by atoms with E-state index in [1.807, 2.05) is 0 Å². The lowest BCUT2D eigenvalue weighted by atomic mass is 10.1. The second-order valence-electron chi connectivity index (χ2n) is 3.75. The monoisotopic (exact) mass is 290 g/mol. The van der Waals surface area contributed by atoms with E-state index >= 15 is 0 Å². The number of hydrogen-bond donors (Lipinski definition) is 3. The van der Waals surface area contributed by atoms with Crippen molar-refractivity contribution in [1.29, 1.82) is 0 Å². The molecule has 2 atom stereocenters. The van der Waals surface area contributed by atoms with Crippen molar-refractivity contribution in [2.24, 2.45) is 0 Å². The van der Waals surface area contributed by atoms with Gasteiger partial charge in [-0.25, -0.2) is 4.98 Å². The third-order valence-corrected chi connectivity index (χ3v) is 3.34. The molecule has 0 radical (unpaired) electrons. The molecular weight excluding hydrogens is 276 g/mol. The Morgan fingerprint density at radius 2 is 2.22 bits per heavy atom. The van der Waals surface area contributed by atoms with Gasteiger partial charge in [0.25, 0.3) is 0 Å². The number of rotatable bonds is 5. The average molecular weight is 291 g/mol. The van der Waals surface area contributed by atoms with Crippen molar-refractivity contribution < 1.29 is 15.0 Å². The summed E-state index contributed by atoms with van der Waals surface area (Å²) in [6.07, 6.45) is -1.99. The lowest BCUT2D eigenvalue weighted by molar-refractivity contribution is -0.109. The van der Waals surface area contributed by atoms with Crippen LogP contribution in [0.2, 0.25) is 5.15 Å². The van der Waals surface area contributed by atoms with E-state index < -0.39 is 12.2 Å². The minimum absolute atomic E-state index is 0.0305. The largest absolute Gasteiger partial charge is 0.397 e. The summed E-state index contributed by atoms with van der Waals surface area (Å²) in [5.74, 6) is 0.425. The molecule has 0 aromatic carbocycles. The molecule has 4 N–H and O–H groups in total. The molecule has 0 spiro atoms. The van der Waals surface area contributed by atoms with Crippen molar-refractivity contribution in [1.82, 2.24) is 4.98 Å². The molecule has 0 aliphatic heterocycles. The zero-order chi connectivity index (χ0) is 13.7. The Hall–Kier alpha value is -0.820. The molecule has 18 heavy (non-hydrogen) atoms. The molecule has 7 heteroatoms. The van der Waals surface area contributed by atoms with Crippen LogP contribution in [0.1, 0.15) is 25.1 Å². The van der Waals surface area contributed by atoms with Gasteiger partial charge < -0.3 is 15.9 Å². The molecule has 0 aliphatic rings. The predicted octanol–water partition coefficient (Wildman–Crippen LogP) is 1.38. The van der Waals surface area contributed by atoms with Gasteiger partial charge in [-0.1, -0.05) is 23.4 Å². The van der Waals surface area contributed by atoms with Crippen LogP contribution in [0.4, 0.5) is 5.69 Å². The van der Waals surface area contributed by atoms with Crippen LogP contribution in [0, 0.1) is 0 Å². The smallest absolute Gasteiger partial charge is 0.185 e. The summed E-state index contributed by atoms with van der Waals surface area (Å²) < 4.78 is 0. The SMILES string of the molecule is CC(=O)SCCC(O)C(O)c1nc(Cl)ccc1N. The number of nitrogen functional groups attached to an aromatic ring is 1. The Balaban J connectivity index is 2.64. The number of nitrogens with zero attached hydrogens (tertiary/aromatic N) is 1. The highest BCUT2D eigenvalue weighted by Gasteiger charge is 2.22. The summed E-state index contributed by atoms with van der Waals surface area (Å²) in [4.78, 5) is 14.6. The lowest BCUT2D eigenvalue weighted by Gasteiger charge is -2.18. The summed E-state index contributed by atoms with van der Waals surface area (Å²) in [6, 6.07) is 3.02.